The number of amides is 2. The summed E-state index contributed by atoms with van der Waals surface area (Å²) in [6.07, 6.45) is 0.961. The summed E-state index contributed by atoms with van der Waals surface area (Å²) >= 11 is 0. The molecule has 0 saturated carbocycles. The van der Waals surface area contributed by atoms with Crippen molar-refractivity contribution < 1.29 is 14.0 Å². The van der Waals surface area contributed by atoms with Gasteiger partial charge in [-0.25, -0.2) is 4.39 Å². The summed E-state index contributed by atoms with van der Waals surface area (Å²) in [6.45, 7) is 6.97. The van der Waals surface area contributed by atoms with Crippen LogP contribution < -0.4 is 0 Å². The van der Waals surface area contributed by atoms with Crippen LogP contribution in [0.5, 0.6) is 0 Å². The molecule has 1 aliphatic rings. The Morgan fingerprint density at radius 1 is 1.30 bits per heavy atom. The topological polar surface area (TPSA) is 40.6 Å². The molecule has 0 radical (unpaired) electrons. The van der Waals surface area contributed by atoms with Gasteiger partial charge in [0.1, 0.15) is 5.82 Å². The van der Waals surface area contributed by atoms with Gasteiger partial charge >= 0.3 is 0 Å². The normalized spacial score (nSPS) is 18.9. The van der Waals surface area contributed by atoms with Crippen molar-refractivity contribution in [3.63, 3.8) is 0 Å². The predicted octanol–water partition coefficient (Wildman–Crippen LogP) is 2.82. The Balaban J connectivity index is 2.16. The SMILES string of the molecule is CN1CC[C@@H](C(=O)N(Cc2ccc(F)cc2)C(C)(C)C)CC1=O. The first-order valence-electron chi connectivity index (χ1n) is 7.98. The smallest absolute Gasteiger partial charge is 0.227 e. The number of carbonyl (C=O) groups is 2. The number of halogens is 1. The number of piperidine rings is 1. The molecule has 1 fully saturated rings. The van der Waals surface area contributed by atoms with Crippen molar-refractivity contribution >= 4 is 11.8 Å². The van der Waals surface area contributed by atoms with Crippen molar-refractivity contribution in [3.05, 3.63) is 35.6 Å². The highest BCUT2D eigenvalue weighted by Gasteiger charge is 2.35. The zero-order valence-electron chi connectivity index (χ0n) is 14.3. The van der Waals surface area contributed by atoms with Gasteiger partial charge in [-0.2, -0.15) is 0 Å². The average molecular weight is 320 g/mol. The van der Waals surface area contributed by atoms with E-state index in [0.717, 1.165) is 5.56 Å². The van der Waals surface area contributed by atoms with Crippen LogP contribution in [0.3, 0.4) is 0 Å². The second-order valence-electron chi connectivity index (χ2n) is 7.23. The summed E-state index contributed by atoms with van der Waals surface area (Å²) in [4.78, 5) is 28.3. The van der Waals surface area contributed by atoms with Crippen molar-refractivity contribution in [2.75, 3.05) is 13.6 Å². The minimum atomic E-state index is -0.363. The van der Waals surface area contributed by atoms with Crippen LogP contribution in [0.25, 0.3) is 0 Å². The summed E-state index contributed by atoms with van der Waals surface area (Å²) in [7, 11) is 1.77. The lowest BCUT2D eigenvalue weighted by Crippen LogP contribution is -2.50. The minimum Gasteiger partial charge on any atom is -0.346 e. The van der Waals surface area contributed by atoms with Crippen molar-refractivity contribution in [1.82, 2.24) is 9.80 Å². The lowest BCUT2D eigenvalue weighted by atomic mass is 9.92. The molecule has 4 nitrogen and oxygen atoms in total. The fourth-order valence-electron chi connectivity index (χ4n) is 2.79. The van der Waals surface area contributed by atoms with Gasteiger partial charge in [-0.1, -0.05) is 12.1 Å². The fraction of sp³-hybridized carbons (Fsp3) is 0.556. The number of likely N-dealkylation sites (tertiary alicyclic amines) is 1. The Labute approximate surface area is 137 Å². The molecule has 0 bridgehead atoms. The highest BCUT2D eigenvalue weighted by molar-refractivity contribution is 5.87. The lowest BCUT2D eigenvalue weighted by molar-refractivity contribution is -0.148. The van der Waals surface area contributed by atoms with Crippen LogP contribution in [0.1, 0.15) is 39.2 Å². The van der Waals surface area contributed by atoms with E-state index in [0.29, 0.717) is 19.5 Å². The molecular formula is C18H25FN2O2. The van der Waals surface area contributed by atoms with Crippen LogP contribution in [0.15, 0.2) is 24.3 Å². The standard InChI is InChI=1S/C18H25FN2O2/c1-18(2,3)21(12-13-5-7-15(19)8-6-13)17(23)14-9-10-20(4)16(22)11-14/h5-8,14H,9-12H2,1-4H3/t14-/m1/s1. The Morgan fingerprint density at radius 3 is 2.43 bits per heavy atom. The minimum absolute atomic E-state index is 0.00303. The molecule has 0 aliphatic carbocycles. The zero-order valence-corrected chi connectivity index (χ0v) is 14.3. The van der Waals surface area contributed by atoms with E-state index in [-0.39, 0.29) is 35.5 Å². The van der Waals surface area contributed by atoms with Crippen LogP contribution in [-0.2, 0) is 16.1 Å². The fourth-order valence-corrected chi connectivity index (χ4v) is 2.79. The summed E-state index contributed by atoms with van der Waals surface area (Å²) in [5.74, 6) is -0.532. The van der Waals surface area contributed by atoms with E-state index in [1.54, 1.807) is 29.0 Å². The molecule has 0 N–H and O–H groups in total. The third kappa shape index (κ3) is 4.30. The monoisotopic (exact) mass is 320 g/mol. The van der Waals surface area contributed by atoms with E-state index in [2.05, 4.69) is 0 Å². The third-order valence-electron chi connectivity index (χ3n) is 4.34. The number of hydrogen-bond donors (Lipinski definition) is 0. The Kier molecular flexibility index (Phi) is 5.07. The van der Waals surface area contributed by atoms with Crippen LogP contribution in [-0.4, -0.2) is 40.7 Å². The summed E-state index contributed by atoms with van der Waals surface area (Å²) < 4.78 is 13.1. The molecule has 2 rings (SSSR count). The summed E-state index contributed by atoms with van der Waals surface area (Å²) in [5.41, 5.74) is 0.520. The molecule has 5 heteroatoms. The van der Waals surface area contributed by atoms with Crippen molar-refractivity contribution in [1.29, 1.82) is 0 Å². The second kappa shape index (κ2) is 6.69. The molecular weight excluding hydrogens is 295 g/mol. The maximum absolute atomic E-state index is 13.1. The lowest BCUT2D eigenvalue weighted by Gasteiger charge is -2.39. The molecule has 1 aromatic rings. The van der Waals surface area contributed by atoms with Gasteiger partial charge in [0.2, 0.25) is 11.8 Å². The molecule has 0 aromatic heterocycles. The Hall–Kier alpha value is -1.91. The second-order valence-corrected chi connectivity index (χ2v) is 7.23. The van der Waals surface area contributed by atoms with Gasteiger partial charge in [0.05, 0.1) is 0 Å². The Bertz CT molecular complexity index is 578. The van der Waals surface area contributed by atoms with E-state index < -0.39 is 0 Å². The van der Waals surface area contributed by atoms with Gasteiger partial charge in [0.15, 0.2) is 0 Å². The molecule has 23 heavy (non-hydrogen) atoms. The van der Waals surface area contributed by atoms with Gasteiger partial charge in [-0.05, 0) is 44.9 Å². The molecule has 1 aromatic carbocycles. The first kappa shape index (κ1) is 17.4. The number of carbonyl (C=O) groups excluding carboxylic acids is 2. The number of nitrogens with zero attached hydrogens (tertiary/aromatic N) is 2. The van der Waals surface area contributed by atoms with Crippen LogP contribution in [0, 0.1) is 11.7 Å². The van der Waals surface area contributed by atoms with E-state index in [1.807, 2.05) is 20.8 Å². The quantitative estimate of drug-likeness (QED) is 0.859. The van der Waals surface area contributed by atoms with Crippen molar-refractivity contribution in [3.8, 4) is 0 Å². The van der Waals surface area contributed by atoms with Gasteiger partial charge in [0.25, 0.3) is 0 Å². The van der Waals surface area contributed by atoms with E-state index in [9.17, 15) is 14.0 Å². The van der Waals surface area contributed by atoms with Crippen molar-refractivity contribution in [2.24, 2.45) is 5.92 Å². The number of rotatable bonds is 3. The first-order chi connectivity index (χ1) is 10.7. The van der Waals surface area contributed by atoms with E-state index in [1.165, 1.54) is 12.1 Å². The van der Waals surface area contributed by atoms with E-state index >= 15 is 0 Å². The maximum Gasteiger partial charge on any atom is 0.227 e. The highest BCUT2D eigenvalue weighted by Crippen LogP contribution is 2.26. The Morgan fingerprint density at radius 2 is 1.91 bits per heavy atom. The van der Waals surface area contributed by atoms with Gasteiger partial charge in [0, 0.05) is 38.0 Å². The number of benzene rings is 1. The third-order valence-corrected chi connectivity index (χ3v) is 4.34. The van der Waals surface area contributed by atoms with E-state index in [4.69, 9.17) is 0 Å². The molecule has 0 spiro atoms. The molecule has 1 atom stereocenters. The maximum atomic E-state index is 13.1. The summed E-state index contributed by atoms with van der Waals surface area (Å²) in [5, 5.41) is 0. The van der Waals surface area contributed by atoms with Gasteiger partial charge in [-0.3, -0.25) is 9.59 Å². The summed E-state index contributed by atoms with van der Waals surface area (Å²) in [6, 6.07) is 6.20. The molecule has 0 unspecified atom stereocenters. The molecule has 126 valence electrons. The predicted molar refractivity (Wildman–Crippen MR) is 87.1 cm³/mol. The van der Waals surface area contributed by atoms with Crippen molar-refractivity contribution in [2.45, 2.75) is 45.7 Å². The highest BCUT2D eigenvalue weighted by atomic mass is 19.1. The van der Waals surface area contributed by atoms with Gasteiger partial charge in [-0.15, -0.1) is 0 Å². The molecule has 1 saturated heterocycles. The average Bonchev–Trinajstić information content (AvgIpc) is 2.47. The largest absolute Gasteiger partial charge is 0.346 e. The zero-order chi connectivity index (χ0) is 17.2. The van der Waals surface area contributed by atoms with Gasteiger partial charge < -0.3 is 9.80 Å². The first-order valence-corrected chi connectivity index (χ1v) is 7.98. The van der Waals surface area contributed by atoms with Crippen LogP contribution in [0.2, 0.25) is 0 Å². The molecule has 2 amide bonds. The molecule has 1 heterocycles. The van der Waals surface area contributed by atoms with Crippen LogP contribution in [0.4, 0.5) is 4.39 Å². The number of hydrogen-bond acceptors (Lipinski definition) is 2. The molecule has 1 aliphatic heterocycles. The van der Waals surface area contributed by atoms with Crippen LogP contribution >= 0.6 is 0 Å².